The van der Waals surface area contributed by atoms with Crippen LogP contribution in [-0.4, -0.2) is 44.3 Å². The average Bonchev–Trinajstić information content (AvgIpc) is 2.61. The Morgan fingerprint density at radius 1 is 1.36 bits per heavy atom. The summed E-state index contributed by atoms with van der Waals surface area (Å²) in [5.41, 5.74) is 7.03. The summed E-state index contributed by atoms with van der Waals surface area (Å²) in [7, 11) is 0.758. The number of hydrogen-bond acceptors (Lipinski definition) is 6. The van der Waals surface area contributed by atoms with Gasteiger partial charge < -0.3 is 15.8 Å². The maximum Gasteiger partial charge on any atom is 0.274 e. The van der Waals surface area contributed by atoms with Crippen molar-refractivity contribution in [2.45, 2.75) is 13.0 Å². The number of ether oxygens (including phenoxy) is 1. The normalized spacial score (nSPS) is 13.1. The number of nitrogens with one attached hydrogen (secondary N) is 1. The summed E-state index contributed by atoms with van der Waals surface area (Å²) in [6, 6.07) is 7.67. The number of aliphatic imine (C=N–C) groups is 1. The number of pyridine rings is 1. The SMILES string of the molecule is COc1ccc(C(=O)Nc2ccc(P)c(C(CS(C)(=O)=O)N=C(C)N)c2)nc1. The largest absolute Gasteiger partial charge is 0.495 e. The molecule has 28 heavy (non-hydrogen) atoms. The summed E-state index contributed by atoms with van der Waals surface area (Å²) in [6.07, 6.45) is 2.60. The van der Waals surface area contributed by atoms with E-state index in [1.54, 1.807) is 37.3 Å². The molecule has 10 heteroatoms. The molecule has 2 rings (SSSR count). The topological polar surface area (TPSA) is 124 Å². The van der Waals surface area contributed by atoms with Gasteiger partial charge in [-0.05, 0) is 42.1 Å². The maximum absolute atomic E-state index is 12.4. The lowest BCUT2D eigenvalue weighted by molar-refractivity contribution is 0.102. The molecule has 8 nitrogen and oxygen atoms in total. The van der Waals surface area contributed by atoms with Gasteiger partial charge in [-0.3, -0.25) is 9.79 Å². The van der Waals surface area contributed by atoms with Gasteiger partial charge in [-0.15, -0.1) is 9.24 Å². The van der Waals surface area contributed by atoms with E-state index < -0.39 is 21.8 Å². The molecule has 0 fully saturated rings. The van der Waals surface area contributed by atoms with Gasteiger partial charge in [0.1, 0.15) is 21.3 Å². The highest BCUT2D eigenvalue weighted by atomic mass is 32.2. The number of amidine groups is 1. The monoisotopic (exact) mass is 422 g/mol. The van der Waals surface area contributed by atoms with Crippen molar-refractivity contribution in [3.63, 3.8) is 0 Å². The van der Waals surface area contributed by atoms with Gasteiger partial charge in [-0.25, -0.2) is 13.4 Å². The third-order valence-corrected chi connectivity index (χ3v) is 5.18. The smallest absolute Gasteiger partial charge is 0.274 e. The number of sulfone groups is 1. The molecule has 1 amide bonds. The molecular weight excluding hydrogens is 399 g/mol. The van der Waals surface area contributed by atoms with Crippen LogP contribution in [0, 0.1) is 0 Å². The first-order chi connectivity index (χ1) is 13.1. The van der Waals surface area contributed by atoms with Gasteiger partial charge in [-0.2, -0.15) is 0 Å². The third-order valence-electron chi connectivity index (χ3n) is 3.73. The molecule has 0 saturated heterocycles. The van der Waals surface area contributed by atoms with Crippen molar-refractivity contribution in [1.29, 1.82) is 0 Å². The number of nitrogens with zero attached hydrogens (tertiary/aromatic N) is 2. The van der Waals surface area contributed by atoms with Crippen LogP contribution in [0.2, 0.25) is 0 Å². The molecule has 2 aromatic rings. The second-order valence-corrected chi connectivity index (χ2v) is 9.07. The molecule has 0 aliphatic carbocycles. The number of methoxy groups -OCH3 is 1. The van der Waals surface area contributed by atoms with Crippen molar-refractivity contribution in [3.8, 4) is 5.75 Å². The number of hydrogen-bond donors (Lipinski definition) is 2. The summed E-state index contributed by atoms with van der Waals surface area (Å²) in [4.78, 5) is 20.7. The minimum Gasteiger partial charge on any atom is -0.495 e. The van der Waals surface area contributed by atoms with E-state index in [4.69, 9.17) is 10.5 Å². The second kappa shape index (κ2) is 9.12. The predicted molar refractivity (Wildman–Crippen MR) is 114 cm³/mol. The second-order valence-electron chi connectivity index (χ2n) is 6.26. The number of aromatic nitrogens is 1. The van der Waals surface area contributed by atoms with Gasteiger partial charge in [-0.1, -0.05) is 6.07 Å². The predicted octanol–water partition coefficient (Wildman–Crippen LogP) is 1.31. The van der Waals surface area contributed by atoms with Crippen LogP contribution in [0.15, 0.2) is 41.5 Å². The molecule has 2 atom stereocenters. The summed E-state index contributed by atoms with van der Waals surface area (Å²) >= 11 is 0. The highest BCUT2D eigenvalue weighted by Crippen LogP contribution is 2.23. The molecule has 0 radical (unpaired) electrons. The van der Waals surface area contributed by atoms with Crippen LogP contribution in [0.1, 0.15) is 29.0 Å². The van der Waals surface area contributed by atoms with Crippen molar-refractivity contribution >= 4 is 41.8 Å². The van der Waals surface area contributed by atoms with Gasteiger partial charge in [0.25, 0.3) is 5.91 Å². The first-order valence-electron chi connectivity index (χ1n) is 8.27. The highest BCUT2D eigenvalue weighted by molar-refractivity contribution is 7.90. The molecule has 150 valence electrons. The van der Waals surface area contributed by atoms with Crippen molar-refractivity contribution in [2.24, 2.45) is 10.7 Å². The lowest BCUT2D eigenvalue weighted by Gasteiger charge is -2.17. The molecule has 3 N–H and O–H groups in total. The number of benzene rings is 1. The van der Waals surface area contributed by atoms with Crippen LogP contribution in [0.25, 0.3) is 0 Å². The summed E-state index contributed by atoms with van der Waals surface area (Å²) < 4.78 is 28.6. The molecule has 0 aliphatic heterocycles. The Hall–Kier alpha value is -2.51. The first kappa shape index (κ1) is 21.8. The standard InChI is InChI=1S/C18H23N4O4PS/c1-11(19)21-16(10-28(3,24)25)14-8-12(4-7-17(14)27)22-18(23)15-6-5-13(26-2)9-20-15/h4-9,16H,10,27H2,1-3H3,(H2,19,21)(H,22,23). The van der Waals surface area contributed by atoms with Crippen molar-refractivity contribution in [1.82, 2.24) is 4.98 Å². The number of carbonyl (C=O) groups excluding carboxylic acids is 1. The number of nitrogens with two attached hydrogens (primary N) is 1. The third kappa shape index (κ3) is 6.28. The Kier molecular flexibility index (Phi) is 7.10. The van der Waals surface area contributed by atoms with Gasteiger partial charge in [0, 0.05) is 11.9 Å². The minimum absolute atomic E-state index is 0.194. The molecule has 1 aromatic heterocycles. The zero-order valence-electron chi connectivity index (χ0n) is 15.8. The lowest BCUT2D eigenvalue weighted by Crippen LogP contribution is -2.20. The molecule has 0 bridgehead atoms. The van der Waals surface area contributed by atoms with Crippen molar-refractivity contribution < 1.29 is 17.9 Å². The number of amides is 1. The van der Waals surface area contributed by atoms with E-state index in [9.17, 15) is 13.2 Å². The molecule has 1 heterocycles. The Balaban J connectivity index is 2.32. The zero-order valence-corrected chi connectivity index (χ0v) is 17.8. The maximum atomic E-state index is 12.4. The summed E-state index contributed by atoms with van der Waals surface area (Å²) in [6.45, 7) is 1.60. The van der Waals surface area contributed by atoms with E-state index in [2.05, 4.69) is 24.5 Å². The van der Waals surface area contributed by atoms with Gasteiger partial charge in [0.2, 0.25) is 0 Å². The Morgan fingerprint density at radius 2 is 2.07 bits per heavy atom. The summed E-state index contributed by atoms with van der Waals surface area (Å²) in [5.74, 6) is 0.225. The molecule has 1 aromatic carbocycles. The van der Waals surface area contributed by atoms with E-state index in [0.717, 1.165) is 11.6 Å². The molecule has 0 aliphatic rings. The van der Waals surface area contributed by atoms with Crippen LogP contribution < -0.4 is 21.1 Å². The molecular formula is C18H23N4O4PS. The lowest BCUT2D eigenvalue weighted by atomic mass is 10.1. The number of anilines is 1. The van der Waals surface area contributed by atoms with E-state index in [1.807, 2.05) is 0 Å². The quantitative estimate of drug-likeness (QED) is 0.394. The fourth-order valence-electron chi connectivity index (χ4n) is 2.50. The molecule has 2 unspecified atom stereocenters. The van der Waals surface area contributed by atoms with E-state index in [1.165, 1.54) is 13.3 Å². The van der Waals surface area contributed by atoms with E-state index in [-0.39, 0.29) is 17.3 Å². The van der Waals surface area contributed by atoms with Crippen LogP contribution in [-0.2, 0) is 9.84 Å². The summed E-state index contributed by atoms with van der Waals surface area (Å²) in [5, 5.41) is 3.52. The van der Waals surface area contributed by atoms with E-state index in [0.29, 0.717) is 17.0 Å². The fourth-order valence-corrected chi connectivity index (χ4v) is 3.70. The van der Waals surface area contributed by atoms with Crippen molar-refractivity contribution in [3.05, 3.63) is 47.8 Å². The average molecular weight is 422 g/mol. The van der Waals surface area contributed by atoms with Crippen LogP contribution in [0.3, 0.4) is 0 Å². The highest BCUT2D eigenvalue weighted by Gasteiger charge is 2.20. The van der Waals surface area contributed by atoms with Gasteiger partial charge >= 0.3 is 0 Å². The zero-order chi connectivity index (χ0) is 20.9. The Labute approximate surface area is 166 Å². The minimum atomic E-state index is -3.30. The van der Waals surface area contributed by atoms with Gasteiger partial charge in [0.15, 0.2) is 0 Å². The van der Waals surface area contributed by atoms with E-state index >= 15 is 0 Å². The number of rotatable bonds is 7. The Morgan fingerprint density at radius 3 is 2.61 bits per heavy atom. The molecule has 0 saturated carbocycles. The first-order valence-corrected chi connectivity index (χ1v) is 10.9. The Bertz CT molecular complexity index is 987. The van der Waals surface area contributed by atoms with Gasteiger partial charge in [0.05, 0.1) is 30.9 Å². The van der Waals surface area contributed by atoms with Crippen LogP contribution in [0.4, 0.5) is 5.69 Å². The number of carbonyl (C=O) groups is 1. The molecule has 0 spiro atoms. The van der Waals surface area contributed by atoms with Crippen LogP contribution in [0.5, 0.6) is 5.75 Å². The fraction of sp³-hybridized carbons (Fsp3) is 0.278. The van der Waals surface area contributed by atoms with Crippen LogP contribution >= 0.6 is 9.24 Å². The van der Waals surface area contributed by atoms with Crippen molar-refractivity contribution in [2.75, 3.05) is 24.4 Å².